The lowest BCUT2D eigenvalue weighted by Crippen LogP contribution is -2.43. The Kier molecular flexibility index (Phi) is 9.30. The zero-order valence-electron chi connectivity index (χ0n) is 14.7. The Bertz CT molecular complexity index is 470. The normalized spacial score (nSPS) is 14.9. The number of benzene rings is 1. The standard InChI is InChI=1S/C18H30ClN3.ClH/c1-4-21(5-2)10-6-7-16-13-17(19)14-18(15(16)3)22-11-8-20-9-12-22;/h13-14,20H,4-12H2,1-3H3;1H. The third kappa shape index (κ3) is 5.82. The highest BCUT2D eigenvalue weighted by Gasteiger charge is 2.15. The summed E-state index contributed by atoms with van der Waals surface area (Å²) in [7, 11) is 0. The van der Waals surface area contributed by atoms with Crippen molar-refractivity contribution < 1.29 is 0 Å². The fourth-order valence-electron chi connectivity index (χ4n) is 3.25. The van der Waals surface area contributed by atoms with Crippen LogP contribution in [-0.2, 0) is 6.42 Å². The molecule has 0 aliphatic carbocycles. The molecule has 0 amide bonds. The van der Waals surface area contributed by atoms with Crippen LogP contribution in [0.5, 0.6) is 0 Å². The molecule has 2 rings (SSSR count). The zero-order valence-corrected chi connectivity index (χ0v) is 16.3. The van der Waals surface area contributed by atoms with Gasteiger partial charge in [0, 0.05) is 36.9 Å². The van der Waals surface area contributed by atoms with Crippen LogP contribution < -0.4 is 10.2 Å². The summed E-state index contributed by atoms with van der Waals surface area (Å²) in [5, 5.41) is 4.28. The summed E-state index contributed by atoms with van der Waals surface area (Å²) < 4.78 is 0. The first-order chi connectivity index (χ1) is 10.7. The summed E-state index contributed by atoms with van der Waals surface area (Å²) in [6.07, 6.45) is 2.31. The van der Waals surface area contributed by atoms with E-state index in [0.717, 1.165) is 50.7 Å². The molecule has 0 unspecified atom stereocenters. The van der Waals surface area contributed by atoms with Gasteiger partial charge in [-0.25, -0.2) is 0 Å². The van der Waals surface area contributed by atoms with Crippen LogP contribution in [0.2, 0.25) is 5.02 Å². The molecule has 0 radical (unpaired) electrons. The number of anilines is 1. The van der Waals surface area contributed by atoms with Crippen molar-refractivity contribution >= 4 is 29.7 Å². The number of halogens is 2. The minimum absolute atomic E-state index is 0. The van der Waals surface area contributed by atoms with E-state index in [1.807, 2.05) is 0 Å². The van der Waals surface area contributed by atoms with Crippen molar-refractivity contribution in [1.82, 2.24) is 10.2 Å². The second-order valence-corrected chi connectivity index (χ2v) is 6.51. The second kappa shape index (κ2) is 10.4. The predicted molar refractivity (Wildman–Crippen MR) is 105 cm³/mol. The molecule has 1 aliphatic heterocycles. The molecule has 132 valence electrons. The summed E-state index contributed by atoms with van der Waals surface area (Å²) >= 11 is 6.38. The molecular weight excluding hydrogens is 329 g/mol. The maximum absolute atomic E-state index is 6.38. The molecular formula is C18H31Cl2N3. The average Bonchev–Trinajstić information content (AvgIpc) is 2.55. The molecule has 1 aliphatic rings. The molecule has 1 saturated heterocycles. The average molecular weight is 360 g/mol. The monoisotopic (exact) mass is 359 g/mol. The Balaban J connectivity index is 0.00000264. The van der Waals surface area contributed by atoms with Gasteiger partial charge in [-0.05, 0) is 62.7 Å². The quantitative estimate of drug-likeness (QED) is 0.799. The van der Waals surface area contributed by atoms with Gasteiger partial charge in [-0.15, -0.1) is 12.4 Å². The Morgan fingerprint density at radius 2 is 1.83 bits per heavy atom. The SMILES string of the molecule is CCN(CC)CCCc1cc(Cl)cc(N2CCNCC2)c1C.Cl. The molecule has 0 atom stereocenters. The molecule has 1 aromatic carbocycles. The highest BCUT2D eigenvalue weighted by Crippen LogP contribution is 2.29. The number of nitrogens with one attached hydrogen (secondary N) is 1. The van der Waals surface area contributed by atoms with Crippen LogP contribution in [0.1, 0.15) is 31.4 Å². The Morgan fingerprint density at radius 3 is 2.43 bits per heavy atom. The number of piperazine rings is 1. The van der Waals surface area contributed by atoms with Crippen LogP contribution >= 0.6 is 24.0 Å². The van der Waals surface area contributed by atoms with E-state index in [9.17, 15) is 0 Å². The van der Waals surface area contributed by atoms with E-state index in [0.29, 0.717) is 0 Å². The molecule has 1 heterocycles. The van der Waals surface area contributed by atoms with Crippen molar-refractivity contribution in [1.29, 1.82) is 0 Å². The van der Waals surface area contributed by atoms with E-state index in [4.69, 9.17) is 11.6 Å². The van der Waals surface area contributed by atoms with Gasteiger partial charge in [0.1, 0.15) is 0 Å². The van der Waals surface area contributed by atoms with E-state index in [2.05, 4.69) is 48.0 Å². The third-order valence-electron chi connectivity index (χ3n) is 4.73. The molecule has 0 spiro atoms. The molecule has 1 fully saturated rings. The van der Waals surface area contributed by atoms with Gasteiger partial charge in [0.2, 0.25) is 0 Å². The predicted octanol–water partition coefficient (Wildman–Crippen LogP) is 3.75. The van der Waals surface area contributed by atoms with Crippen LogP contribution in [0, 0.1) is 6.92 Å². The van der Waals surface area contributed by atoms with Crippen molar-refractivity contribution in [2.45, 2.75) is 33.6 Å². The molecule has 5 heteroatoms. The smallest absolute Gasteiger partial charge is 0.0429 e. The van der Waals surface area contributed by atoms with Gasteiger partial charge in [0.25, 0.3) is 0 Å². The highest BCUT2D eigenvalue weighted by atomic mass is 35.5. The topological polar surface area (TPSA) is 18.5 Å². The Morgan fingerprint density at radius 1 is 1.17 bits per heavy atom. The van der Waals surface area contributed by atoms with Crippen LogP contribution in [0.15, 0.2) is 12.1 Å². The first-order valence-electron chi connectivity index (χ1n) is 8.62. The van der Waals surface area contributed by atoms with Crippen molar-refractivity contribution in [3.63, 3.8) is 0 Å². The molecule has 3 nitrogen and oxygen atoms in total. The third-order valence-corrected chi connectivity index (χ3v) is 4.94. The molecule has 0 saturated carbocycles. The van der Waals surface area contributed by atoms with E-state index in [1.165, 1.54) is 29.8 Å². The lowest BCUT2D eigenvalue weighted by Gasteiger charge is -2.31. The molecule has 1 aromatic rings. The van der Waals surface area contributed by atoms with Crippen LogP contribution in [0.4, 0.5) is 5.69 Å². The minimum atomic E-state index is 0. The second-order valence-electron chi connectivity index (χ2n) is 6.08. The molecule has 0 bridgehead atoms. The van der Waals surface area contributed by atoms with Gasteiger partial charge in [-0.1, -0.05) is 25.4 Å². The van der Waals surface area contributed by atoms with E-state index in [-0.39, 0.29) is 12.4 Å². The van der Waals surface area contributed by atoms with E-state index >= 15 is 0 Å². The summed E-state index contributed by atoms with van der Waals surface area (Å²) in [5.41, 5.74) is 4.14. The Hall–Kier alpha value is -0.480. The lowest BCUT2D eigenvalue weighted by molar-refractivity contribution is 0.300. The van der Waals surface area contributed by atoms with Crippen molar-refractivity contribution in [3.8, 4) is 0 Å². The molecule has 1 N–H and O–H groups in total. The van der Waals surface area contributed by atoms with Crippen molar-refractivity contribution in [3.05, 3.63) is 28.3 Å². The number of nitrogens with zero attached hydrogens (tertiary/aromatic N) is 2. The maximum atomic E-state index is 6.38. The first-order valence-corrected chi connectivity index (χ1v) is 9.00. The first kappa shape index (κ1) is 20.6. The Labute approximate surface area is 152 Å². The van der Waals surface area contributed by atoms with E-state index in [1.54, 1.807) is 0 Å². The zero-order chi connectivity index (χ0) is 15.9. The van der Waals surface area contributed by atoms with Gasteiger partial charge in [-0.3, -0.25) is 0 Å². The van der Waals surface area contributed by atoms with Gasteiger partial charge in [0.05, 0.1) is 0 Å². The molecule has 23 heavy (non-hydrogen) atoms. The minimum Gasteiger partial charge on any atom is -0.369 e. The van der Waals surface area contributed by atoms with Gasteiger partial charge in [0.15, 0.2) is 0 Å². The number of hydrogen-bond acceptors (Lipinski definition) is 3. The van der Waals surface area contributed by atoms with Gasteiger partial charge in [-0.2, -0.15) is 0 Å². The fraction of sp³-hybridized carbons (Fsp3) is 0.667. The van der Waals surface area contributed by atoms with E-state index < -0.39 is 0 Å². The van der Waals surface area contributed by atoms with Crippen LogP contribution in [0.25, 0.3) is 0 Å². The summed E-state index contributed by atoms with van der Waals surface area (Å²) in [4.78, 5) is 4.95. The summed E-state index contributed by atoms with van der Waals surface area (Å²) in [6.45, 7) is 14.4. The largest absolute Gasteiger partial charge is 0.369 e. The van der Waals surface area contributed by atoms with Crippen molar-refractivity contribution in [2.75, 3.05) is 50.7 Å². The lowest BCUT2D eigenvalue weighted by atomic mass is 10.0. The van der Waals surface area contributed by atoms with Crippen LogP contribution in [0.3, 0.4) is 0 Å². The van der Waals surface area contributed by atoms with Crippen LogP contribution in [-0.4, -0.2) is 50.7 Å². The number of hydrogen-bond donors (Lipinski definition) is 1. The fourth-order valence-corrected chi connectivity index (χ4v) is 3.48. The molecule has 0 aromatic heterocycles. The highest BCUT2D eigenvalue weighted by molar-refractivity contribution is 6.31. The summed E-state index contributed by atoms with van der Waals surface area (Å²) in [5.74, 6) is 0. The summed E-state index contributed by atoms with van der Waals surface area (Å²) in [6, 6.07) is 4.29. The van der Waals surface area contributed by atoms with Gasteiger partial charge >= 0.3 is 0 Å². The number of aryl methyl sites for hydroxylation is 1. The number of rotatable bonds is 7. The van der Waals surface area contributed by atoms with Gasteiger partial charge < -0.3 is 15.1 Å². The van der Waals surface area contributed by atoms with Crippen molar-refractivity contribution in [2.24, 2.45) is 0 Å². The maximum Gasteiger partial charge on any atom is 0.0429 e.